The third kappa shape index (κ3) is 4.91. The molecule has 1 aliphatic rings. The van der Waals surface area contributed by atoms with E-state index in [1.54, 1.807) is 24.3 Å². The summed E-state index contributed by atoms with van der Waals surface area (Å²) in [6.07, 6.45) is 3.51. The fraction of sp³-hybridized carbons (Fsp3) is 0.455. The topological polar surface area (TPSA) is 93.1 Å². The molecule has 1 aromatic heterocycles. The molecule has 2 N–H and O–H groups in total. The van der Waals surface area contributed by atoms with Gasteiger partial charge in [-0.25, -0.2) is 4.98 Å². The molecular weight excluding hydrogens is 368 g/mol. The Morgan fingerprint density at radius 1 is 1.17 bits per heavy atom. The predicted octanol–water partition coefficient (Wildman–Crippen LogP) is 3.45. The summed E-state index contributed by atoms with van der Waals surface area (Å²) in [4.78, 5) is 41.5. The van der Waals surface area contributed by atoms with Crippen molar-refractivity contribution in [3.8, 4) is 0 Å². The second kappa shape index (κ2) is 9.03. The van der Waals surface area contributed by atoms with Crippen LogP contribution in [0.4, 0.5) is 5.69 Å². The highest BCUT2D eigenvalue weighted by molar-refractivity contribution is 6.05. The monoisotopic (exact) mass is 396 g/mol. The van der Waals surface area contributed by atoms with Crippen molar-refractivity contribution in [2.24, 2.45) is 5.92 Å². The SMILES string of the molecule is CC(=O)c1cccc(NC(=O)c2nc(C(=O)NCCC(C)C)n3c2CCCC3)c1. The number of aromatic nitrogens is 2. The Hall–Kier alpha value is -2.96. The molecule has 2 heterocycles. The fourth-order valence-corrected chi connectivity index (χ4v) is 3.46. The number of nitrogens with zero attached hydrogens (tertiary/aromatic N) is 2. The third-order valence-corrected chi connectivity index (χ3v) is 5.07. The van der Waals surface area contributed by atoms with Gasteiger partial charge in [0.15, 0.2) is 17.3 Å². The first-order valence-electron chi connectivity index (χ1n) is 10.2. The van der Waals surface area contributed by atoms with Crippen LogP contribution >= 0.6 is 0 Å². The molecule has 1 aliphatic heterocycles. The van der Waals surface area contributed by atoms with E-state index in [0.29, 0.717) is 42.5 Å². The van der Waals surface area contributed by atoms with Gasteiger partial charge >= 0.3 is 0 Å². The van der Waals surface area contributed by atoms with Crippen LogP contribution in [-0.2, 0) is 13.0 Å². The van der Waals surface area contributed by atoms with E-state index in [9.17, 15) is 14.4 Å². The van der Waals surface area contributed by atoms with Crippen LogP contribution in [0.1, 0.15) is 77.2 Å². The molecule has 7 nitrogen and oxygen atoms in total. The number of rotatable bonds is 7. The summed E-state index contributed by atoms with van der Waals surface area (Å²) >= 11 is 0. The normalized spacial score (nSPS) is 13.1. The lowest BCUT2D eigenvalue weighted by Gasteiger charge is -2.17. The molecule has 0 atom stereocenters. The van der Waals surface area contributed by atoms with Crippen LogP contribution in [0.25, 0.3) is 0 Å². The number of Topliss-reactive ketones (excluding diaryl/α,β-unsaturated/α-hetero) is 1. The third-order valence-electron chi connectivity index (χ3n) is 5.07. The van der Waals surface area contributed by atoms with E-state index in [4.69, 9.17) is 0 Å². The largest absolute Gasteiger partial charge is 0.349 e. The summed E-state index contributed by atoms with van der Waals surface area (Å²) in [6.45, 7) is 6.96. The summed E-state index contributed by atoms with van der Waals surface area (Å²) < 4.78 is 1.87. The summed E-state index contributed by atoms with van der Waals surface area (Å²) in [5.41, 5.74) is 2.14. The lowest BCUT2D eigenvalue weighted by molar-refractivity contribution is 0.0935. The van der Waals surface area contributed by atoms with Crippen molar-refractivity contribution in [1.82, 2.24) is 14.9 Å². The molecule has 0 radical (unpaired) electrons. The van der Waals surface area contributed by atoms with Gasteiger partial charge in [0.25, 0.3) is 11.8 Å². The molecule has 0 fully saturated rings. The minimum Gasteiger partial charge on any atom is -0.349 e. The second-order valence-corrected chi connectivity index (χ2v) is 7.87. The molecule has 0 saturated carbocycles. The lowest BCUT2D eigenvalue weighted by atomic mass is 10.1. The van der Waals surface area contributed by atoms with Crippen LogP contribution in [0, 0.1) is 5.92 Å². The van der Waals surface area contributed by atoms with Crippen molar-refractivity contribution >= 4 is 23.3 Å². The molecule has 154 valence electrons. The molecule has 29 heavy (non-hydrogen) atoms. The van der Waals surface area contributed by atoms with Crippen molar-refractivity contribution in [3.63, 3.8) is 0 Å². The second-order valence-electron chi connectivity index (χ2n) is 7.87. The maximum Gasteiger partial charge on any atom is 0.287 e. The fourth-order valence-electron chi connectivity index (χ4n) is 3.46. The first kappa shape index (κ1) is 20.8. The average Bonchev–Trinajstić information content (AvgIpc) is 3.08. The molecule has 0 unspecified atom stereocenters. The Morgan fingerprint density at radius 2 is 1.97 bits per heavy atom. The van der Waals surface area contributed by atoms with Crippen LogP contribution in [0.15, 0.2) is 24.3 Å². The minimum absolute atomic E-state index is 0.0687. The van der Waals surface area contributed by atoms with Gasteiger partial charge in [-0.1, -0.05) is 26.0 Å². The Bertz CT molecular complexity index is 930. The minimum atomic E-state index is -0.363. The summed E-state index contributed by atoms with van der Waals surface area (Å²) in [6, 6.07) is 6.80. The standard InChI is InChI=1S/C22H28N4O3/c1-14(2)10-11-23-22(29)20-25-19(18-9-4-5-12-26(18)20)21(28)24-17-8-6-7-16(13-17)15(3)27/h6-8,13-14H,4-5,9-12H2,1-3H3,(H,23,29)(H,24,28). The number of hydrogen-bond donors (Lipinski definition) is 2. The van der Waals surface area contributed by atoms with Crippen LogP contribution < -0.4 is 10.6 Å². The zero-order valence-electron chi connectivity index (χ0n) is 17.2. The smallest absolute Gasteiger partial charge is 0.287 e. The summed E-state index contributed by atoms with van der Waals surface area (Å²) in [5.74, 6) is 0.118. The van der Waals surface area contributed by atoms with Crippen molar-refractivity contribution < 1.29 is 14.4 Å². The zero-order valence-corrected chi connectivity index (χ0v) is 17.2. The van der Waals surface area contributed by atoms with Crippen molar-refractivity contribution in [1.29, 1.82) is 0 Å². The molecule has 0 aliphatic carbocycles. The molecule has 0 bridgehead atoms. The number of anilines is 1. The van der Waals surface area contributed by atoms with Gasteiger partial charge in [-0.2, -0.15) is 0 Å². The molecule has 0 spiro atoms. The number of benzene rings is 1. The van der Waals surface area contributed by atoms with Crippen LogP contribution in [0.3, 0.4) is 0 Å². The van der Waals surface area contributed by atoms with E-state index in [2.05, 4.69) is 29.5 Å². The number of amides is 2. The molecule has 2 aromatic rings. The van der Waals surface area contributed by atoms with E-state index in [-0.39, 0.29) is 23.3 Å². The Morgan fingerprint density at radius 3 is 2.69 bits per heavy atom. The maximum atomic E-state index is 12.9. The molecular formula is C22H28N4O3. The van der Waals surface area contributed by atoms with Gasteiger partial charge in [-0.05, 0) is 50.7 Å². The number of carbonyl (C=O) groups excluding carboxylic acids is 3. The Balaban J connectivity index is 1.82. The molecule has 3 rings (SSSR count). The van der Waals surface area contributed by atoms with E-state index >= 15 is 0 Å². The molecule has 0 saturated heterocycles. The van der Waals surface area contributed by atoms with Crippen LogP contribution in [0.5, 0.6) is 0 Å². The van der Waals surface area contributed by atoms with E-state index in [0.717, 1.165) is 25.0 Å². The van der Waals surface area contributed by atoms with E-state index in [1.807, 2.05) is 4.57 Å². The van der Waals surface area contributed by atoms with Gasteiger partial charge in [0.1, 0.15) is 0 Å². The number of carbonyl (C=O) groups is 3. The molecule has 7 heteroatoms. The highest BCUT2D eigenvalue weighted by Gasteiger charge is 2.27. The zero-order chi connectivity index (χ0) is 21.0. The van der Waals surface area contributed by atoms with Gasteiger partial charge in [-0.15, -0.1) is 0 Å². The predicted molar refractivity (Wildman–Crippen MR) is 111 cm³/mol. The Kier molecular flexibility index (Phi) is 6.46. The first-order valence-corrected chi connectivity index (χ1v) is 10.2. The lowest BCUT2D eigenvalue weighted by Crippen LogP contribution is -2.29. The molecule has 2 amide bonds. The first-order chi connectivity index (χ1) is 13.9. The number of ketones is 1. The van der Waals surface area contributed by atoms with E-state index in [1.165, 1.54) is 6.92 Å². The highest BCUT2D eigenvalue weighted by Crippen LogP contribution is 2.22. The summed E-state index contributed by atoms with van der Waals surface area (Å²) in [5, 5.41) is 5.73. The number of imidazole rings is 1. The highest BCUT2D eigenvalue weighted by atomic mass is 16.2. The average molecular weight is 396 g/mol. The molecule has 1 aromatic carbocycles. The number of fused-ring (bicyclic) bond motifs is 1. The van der Waals surface area contributed by atoms with Gasteiger partial charge in [0, 0.05) is 24.3 Å². The van der Waals surface area contributed by atoms with Crippen LogP contribution in [-0.4, -0.2) is 33.7 Å². The summed E-state index contributed by atoms with van der Waals surface area (Å²) in [7, 11) is 0. The number of nitrogens with one attached hydrogen (secondary N) is 2. The Labute approximate surface area is 170 Å². The van der Waals surface area contributed by atoms with Crippen molar-refractivity contribution in [3.05, 3.63) is 47.0 Å². The van der Waals surface area contributed by atoms with Gasteiger partial charge in [-0.3, -0.25) is 14.4 Å². The quantitative estimate of drug-likeness (QED) is 0.701. The van der Waals surface area contributed by atoms with Crippen molar-refractivity contribution in [2.75, 3.05) is 11.9 Å². The van der Waals surface area contributed by atoms with Crippen LogP contribution in [0.2, 0.25) is 0 Å². The van der Waals surface area contributed by atoms with Gasteiger partial charge < -0.3 is 15.2 Å². The van der Waals surface area contributed by atoms with Gasteiger partial charge in [0.2, 0.25) is 0 Å². The van der Waals surface area contributed by atoms with Crippen molar-refractivity contribution in [2.45, 2.75) is 53.0 Å². The number of hydrogen-bond acceptors (Lipinski definition) is 4. The van der Waals surface area contributed by atoms with E-state index < -0.39 is 0 Å². The van der Waals surface area contributed by atoms with Gasteiger partial charge in [0.05, 0.1) is 5.69 Å². The maximum absolute atomic E-state index is 12.9.